The maximum Gasteiger partial charge on any atom is 0.416 e. The average Bonchev–Trinajstić information content (AvgIpc) is 2.85. The molecule has 0 spiro atoms. The van der Waals surface area contributed by atoms with Gasteiger partial charge in [-0.05, 0) is 61.6 Å². The number of carbonyl (C=O) groups excluding carboxylic acids is 2. The molecule has 1 saturated carbocycles. The zero-order chi connectivity index (χ0) is 26.8. The predicted octanol–water partition coefficient (Wildman–Crippen LogP) is 3.13. The number of hydrogen-bond acceptors (Lipinski definition) is 5. The first-order valence-electron chi connectivity index (χ1n) is 12.4. The molecule has 2 amide bonds. The van der Waals surface area contributed by atoms with Crippen LogP contribution in [0.25, 0.3) is 0 Å². The molecule has 2 aromatic rings. The van der Waals surface area contributed by atoms with E-state index < -0.39 is 23.2 Å². The van der Waals surface area contributed by atoms with Gasteiger partial charge in [-0.2, -0.15) is 13.2 Å². The maximum atomic E-state index is 12.8. The number of rotatable bonds is 7. The lowest BCUT2D eigenvalue weighted by Gasteiger charge is -2.48. The molecule has 0 bridgehead atoms. The fourth-order valence-corrected chi connectivity index (χ4v) is 5.08. The molecule has 7 nitrogen and oxygen atoms in total. The molecule has 10 heteroatoms. The second-order valence-corrected chi connectivity index (χ2v) is 10.2. The minimum atomic E-state index is -4.54. The fraction of sp³-hybridized carbons (Fsp3) is 0.481. The summed E-state index contributed by atoms with van der Waals surface area (Å²) in [5, 5.41) is 16.4. The van der Waals surface area contributed by atoms with Crippen molar-refractivity contribution in [1.82, 2.24) is 15.5 Å². The van der Waals surface area contributed by atoms with E-state index in [-0.39, 0.29) is 24.1 Å². The summed E-state index contributed by atoms with van der Waals surface area (Å²) in [6.45, 7) is 1.07. The molecule has 1 saturated heterocycles. The van der Waals surface area contributed by atoms with Gasteiger partial charge in [0.05, 0.1) is 23.8 Å². The van der Waals surface area contributed by atoms with Gasteiger partial charge >= 0.3 is 6.18 Å². The summed E-state index contributed by atoms with van der Waals surface area (Å²) in [5.74, 6) is -1.12. The van der Waals surface area contributed by atoms with Crippen LogP contribution >= 0.6 is 0 Å². The van der Waals surface area contributed by atoms with Crippen molar-refractivity contribution in [1.29, 1.82) is 0 Å². The number of aliphatic hydroxyl groups is 1. The lowest BCUT2D eigenvalue weighted by atomic mass is 9.76. The molecule has 1 heterocycles. The van der Waals surface area contributed by atoms with Crippen molar-refractivity contribution >= 4 is 17.5 Å². The predicted molar refractivity (Wildman–Crippen MR) is 134 cm³/mol. The van der Waals surface area contributed by atoms with Gasteiger partial charge in [-0.3, -0.25) is 14.5 Å². The molecule has 37 heavy (non-hydrogen) atoms. The molecule has 1 aliphatic carbocycles. The number of nitrogens with zero attached hydrogens (tertiary/aromatic N) is 2. The number of nitrogens with one attached hydrogen (secondary N) is 2. The lowest BCUT2D eigenvalue weighted by Crippen LogP contribution is -2.63. The average molecular weight is 519 g/mol. The van der Waals surface area contributed by atoms with Crippen molar-refractivity contribution in [3.8, 4) is 0 Å². The topological polar surface area (TPSA) is 84.9 Å². The van der Waals surface area contributed by atoms with Crippen LogP contribution in [-0.2, 0) is 16.6 Å². The first kappa shape index (κ1) is 26.9. The molecule has 2 aliphatic rings. The van der Waals surface area contributed by atoms with Crippen LogP contribution in [0.2, 0.25) is 0 Å². The highest BCUT2D eigenvalue weighted by molar-refractivity contribution is 5.96. The summed E-state index contributed by atoms with van der Waals surface area (Å²) in [7, 11) is 3.96. The van der Waals surface area contributed by atoms with Gasteiger partial charge in [0.2, 0.25) is 5.91 Å². The second-order valence-electron chi connectivity index (χ2n) is 10.2. The summed E-state index contributed by atoms with van der Waals surface area (Å²) >= 11 is 0. The SMILES string of the molecule is CN(C)c1ccc(C2(O)CCC(N3CC(NC(=O)CNC(=O)c4cccc(C(F)(F)F)c4)C3)CC2)cc1. The zero-order valence-electron chi connectivity index (χ0n) is 21.0. The number of likely N-dealkylation sites (tertiary alicyclic amines) is 1. The Morgan fingerprint density at radius 3 is 2.32 bits per heavy atom. The third kappa shape index (κ3) is 6.42. The van der Waals surface area contributed by atoms with E-state index in [1.807, 2.05) is 43.3 Å². The molecule has 200 valence electrons. The van der Waals surface area contributed by atoms with Gasteiger partial charge < -0.3 is 20.6 Å². The third-order valence-electron chi connectivity index (χ3n) is 7.36. The van der Waals surface area contributed by atoms with Crippen LogP contribution in [0.15, 0.2) is 48.5 Å². The van der Waals surface area contributed by atoms with Gasteiger partial charge in [0.25, 0.3) is 5.91 Å². The van der Waals surface area contributed by atoms with Gasteiger partial charge in [-0.25, -0.2) is 0 Å². The van der Waals surface area contributed by atoms with Crippen LogP contribution < -0.4 is 15.5 Å². The minimum absolute atomic E-state index is 0.0441. The van der Waals surface area contributed by atoms with Crippen molar-refractivity contribution in [2.45, 2.75) is 49.5 Å². The van der Waals surface area contributed by atoms with Crippen LogP contribution in [0, 0.1) is 0 Å². The van der Waals surface area contributed by atoms with Crippen molar-refractivity contribution in [2.75, 3.05) is 38.6 Å². The Balaban J connectivity index is 1.18. The van der Waals surface area contributed by atoms with Gasteiger partial charge in [-0.15, -0.1) is 0 Å². The number of amides is 2. The highest BCUT2D eigenvalue weighted by Gasteiger charge is 2.40. The Hall–Kier alpha value is -3.11. The van der Waals surface area contributed by atoms with Crippen molar-refractivity contribution in [2.24, 2.45) is 0 Å². The van der Waals surface area contributed by atoms with Gasteiger partial charge in [0.15, 0.2) is 0 Å². The van der Waals surface area contributed by atoms with Crippen molar-refractivity contribution in [3.05, 3.63) is 65.2 Å². The highest BCUT2D eigenvalue weighted by Crippen LogP contribution is 2.40. The molecule has 3 N–H and O–H groups in total. The largest absolute Gasteiger partial charge is 0.416 e. The molecule has 1 aliphatic heterocycles. The number of benzene rings is 2. The standard InChI is InChI=1S/C27H33F3N4O3/c1-33(2)22-8-6-19(7-9-22)26(37)12-10-23(11-13-26)34-16-21(17-34)32-24(35)15-31-25(36)18-4-3-5-20(14-18)27(28,29)30/h3-9,14,21,23,37H,10-13,15-17H2,1-2H3,(H,31,36)(H,32,35). The molecule has 0 unspecified atom stereocenters. The Kier molecular flexibility index (Phi) is 7.80. The van der Waals surface area contributed by atoms with E-state index in [0.29, 0.717) is 32.0 Å². The maximum absolute atomic E-state index is 12.8. The van der Waals surface area contributed by atoms with E-state index in [0.717, 1.165) is 42.3 Å². The third-order valence-corrected chi connectivity index (χ3v) is 7.36. The van der Waals surface area contributed by atoms with Gasteiger partial charge in [0.1, 0.15) is 0 Å². The molecule has 0 radical (unpaired) electrons. The summed E-state index contributed by atoms with van der Waals surface area (Å²) in [6, 6.07) is 12.4. The summed E-state index contributed by atoms with van der Waals surface area (Å²) in [5.41, 5.74) is 0.144. The molecule has 4 rings (SSSR count). The summed E-state index contributed by atoms with van der Waals surface area (Å²) in [6.07, 6.45) is -1.47. The van der Waals surface area contributed by atoms with Crippen LogP contribution in [0.5, 0.6) is 0 Å². The van der Waals surface area contributed by atoms with Crippen molar-refractivity contribution < 1.29 is 27.9 Å². The van der Waals surface area contributed by atoms with E-state index >= 15 is 0 Å². The molecule has 2 aromatic carbocycles. The van der Waals surface area contributed by atoms with Gasteiger partial charge in [0, 0.05) is 44.5 Å². The van der Waals surface area contributed by atoms with Crippen molar-refractivity contribution in [3.63, 3.8) is 0 Å². The quantitative estimate of drug-likeness (QED) is 0.525. The first-order valence-corrected chi connectivity index (χ1v) is 12.4. The van der Waals surface area contributed by atoms with E-state index in [9.17, 15) is 27.9 Å². The molecular formula is C27H33F3N4O3. The van der Waals surface area contributed by atoms with Crippen LogP contribution in [0.4, 0.5) is 18.9 Å². The van der Waals surface area contributed by atoms with Crippen LogP contribution in [0.3, 0.4) is 0 Å². The molecule has 0 atom stereocenters. The normalized spacial score (nSPS) is 22.7. The lowest BCUT2D eigenvalue weighted by molar-refractivity contribution is -0.137. The Bertz CT molecular complexity index is 1110. The van der Waals surface area contributed by atoms with E-state index in [1.165, 1.54) is 6.07 Å². The molecule has 2 fully saturated rings. The Labute approximate surface area is 214 Å². The zero-order valence-corrected chi connectivity index (χ0v) is 21.0. The Morgan fingerprint density at radius 2 is 1.73 bits per heavy atom. The molecule has 0 aromatic heterocycles. The van der Waals surface area contributed by atoms with Crippen LogP contribution in [-0.4, -0.2) is 67.6 Å². The number of halogens is 3. The first-order chi connectivity index (χ1) is 17.4. The van der Waals surface area contributed by atoms with E-state index in [2.05, 4.69) is 15.5 Å². The summed E-state index contributed by atoms with van der Waals surface area (Å²) < 4.78 is 38.5. The second kappa shape index (κ2) is 10.7. The fourth-order valence-electron chi connectivity index (χ4n) is 5.08. The minimum Gasteiger partial charge on any atom is -0.385 e. The summed E-state index contributed by atoms with van der Waals surface area (Å²) in [4.78, 5) is 28.7. The smallest absolute Gasteiger partial charge is 0.385 e. The number of hydrogen-bond donors (Lipinski definition) is 3. The number of carbonyl (C=O) groups is 2. The van der Waals surface area contributed by atoms with Gasteiger partial charge in [-0.1, -0.05) is 18.2 Å². The molecular weight excluding hydrogens is 485 g/mol. The number of anilines is 1. The van der Waals surface area contributed by atoms with Crippen LogP contribution in [0.1, 0.15) is 47.2 Å². The monoisotopic (exact) mass is 518 g/mol. The highest BCUT2D eigenvalue weighted by atomic mass is 19.4. The van der Waals surface area contributed by atoms with E-state index in [1.54, 1.807) is 0 Å². The van der Waals surface area contributed by atoms with E-state index in [4.69, 9.17) is 0 Å². The number of alkyl halides is 3. The Morgan fingerprint density at radius 1 is 1.08 bits per heavy atom.